The number of aromatic nitrogens is 2. The first-order valence-electron chi connectivity index (χ1n) is 4.24. The predicted octanol–water partition coefficient (Wildman–Crippen LogP) is -0.265. The van der Waals surface area contributed by atoms with Gasteiger partial charge in [-0.1, -0.05) is 11.6 Å². The third-order valence-electron chi connectivity index (χ3n) is 2.10. The number of aliphatic hydroxyl groups excluding tert-OH is 2. The molecule has 1 aromatic rings. The van der Waals surface area contributed by atoms with Gasteiger partial charge in [-0.15, -0.1) is 0 Å². The Hall–Kier alpha value is -0.620. The number of hydrogen-bond donors (Lipinski definition) is 3. The molecule has 0 aliphatic rings. The Morgan fingerprint density at radius 1 is 1.57 bits per heavy atom. The molecule has 0 aliphatic carbocycles. The van der Waals surface area contributed by atoms with Crippen LogP contribution in [-0.2, 0) is 7.05 Å². The van der Waals surface area contributed by atoms with Crippen LogP contribution in [0.1, 0.15) is 17.4 Å². The number of nitrogens with two attached hydrogens (primary N) is 1. The largest absolute Gasteiger partial charge is 0.389 e. The van der Waals surface area contributed by atoms with E-state index in [-0.39, 0.29) is 6.54 Å². The Kier molecular flexibility index (Phi) is 3.49. The highest BCUT2D eigenvalue weighted by Gasteiger charge is 2.24. The Labute approximate surface area is 87.1 Å². The number of aliphatic hydroxyl groups is 2. The number of nitrogens with zero attached hydrogens (tertiary/aromatic N) is 2. The van der Waals surface area contributed by atoms with Crippen LogP contribution >= 0.6 is 11.6 Å². The van der Waals surface area contributed by atoms with E-state index in [0.717, 1.165) is 0 Å². The van der Waals surface area contributed by atoms with Crippen LogP contribution in [0.3, 0.4) is 0 Å². The molecule has 0 saturated carbocycles. The minimum Gasteiger partial charge on any atom is -0.389 e. The van der Waals surface area contributed by atoms with Gasteiger partial charge in [0, 0.05) is 19.2 Å². The van der Waals surface area contributed by atoms with Gasteiger partial charge in [0.05, 0.1) is 11.8 Å². The molecular weight excluding hydrogens is 206 g/mol. The molecule has 0 bridgehead atoms. The Morgan fingerprint density at radius 2 is 2.14 bits per heavy atom. The van der Waals surface area contributed by atoms with Crippen LogP contribution in [-0.4, -0.2) is 32.6 Å². The highest BCUT2D eigenvalue weighted by Crippen LogP contribution is 2.27. The van der Waals surface area contributed by atoms with E-state index in [1.165, 1.54) is 4.68 Å². The molecule has 1 heterocycles. The molecule has 0 amide bonds. The fourth-order valence-corrected chi connectivity index (χ4v) is 1.59. The quantitative estimate of drug-likeness (QED) is 0.654. The molecule has 1 rings (SSSR count). The Bertz CT molecular complexity index is 327. The van der Waals surface area contributed by atoms with Gasteiger partial charge in [0.15, 0.2) is 0 Å². The van der Waals surface area contributed by atoms with Crippen LogP contribution in [0.5, 0.6) is 0 Å². The van der Waals surface area contributed by atoms with Crippen molar-refractivity contribution in [1.82, 2.24) is 9.78 Å². The summed E-state index contributed by atoms with van der Waals surface area (Å²) in [7, 11) is 1.67. The molecule has 0 spiro atoms. The first-order chi connectivity index (χ1) is 6.49. The maximum absolute atomic E-state index is 9.70. The number of halogens is 1. The predicted molar refractivity (Wildman–Crippen MR) is 53.0 cm³/mol. The van der Waals surface area contributed by atoms with Crippen LogP contribution in [0, 0.1) is 6.92 Å². The Balaban J connectivity index is 3.05. The van der Waals surface area contributed by atoms with Gasteiger partial charge in [0.25, 0.3) is 0 Å². The van der Waals surface area contributed by atoms with Crippen LogP contribution in [0.25, 0.3) is 0 Å². The molecule has 0 fully saturated rings. The lowest BCUT2D eigenvalue weighted by atomic mass is 10.1. The van der Waals surface area contributed by atoms with E-state index in [4.69, 9.17) is 17.3 Å². The lowest BCUT2D eigenvalue weighted by Gasteiger charge is -2.15. The zero-order valence-electron chi connectivity index (χ0n) is 8.11. The molecule has 0 aliphatic heterocycles. The average molecular weight is 220 g/mol. The summed E-state index contributed by atoms with van der Waals surface area (Å²) in [6.45, 7) is 1.69. The minimum atomic E-state index is -1.08. The first-order valence-corrected chi connectivity index (χ1v) is 4.62. The first kappa shape index (κ1) is 11.5. The summed E-state index contributed by atoms with van der Waals surface area (Å²) in [6.07, 6.45) is -2.10. The number of aryl methyl sites for hydroxylation is 2. The molecule has 0 radical (unpaired) electrons. The smallest absolute Gasteiger partial charge is 0.132 e. The fraction of sp³-hybridized carbons (Fsp3) is 0.625. The number of hydrogen-bond acceptors (Lipinski definition) is 4. The molecular formula is C8H14ClN3O2. The fourth-order valence-electron chi connectivity index (χ4n) is 1.30. The maximum atomic E-state index is 9.70. The highest BCUT2D eigenvalue weighted by atomic mass is 35.5. The van der Waals surface area contributed by atoms with E-state index >= 15 is 0 Å². The summed E-state index contributed by atoms with van der Waals surface area (Å²) in [6, 6.07) is 0. The van der Waals surface area contributed by atoms with Gasteiger partial charge < -0.3 is 15.9 Å². The van der Waals surface area contributed by atoms with Gasteiger partial charge in [-0.25, -0.2) is 0 Å². The van der Waals surface area contributed by atoms with Crippen molar-refractivity contribution in [2.24, 2.45) is 12.8 Å². The number of rotatable bonds is 3. The standard InChI is InChI=1S/C8H14ClN3O2/c1-4-6(7(14)5(13)3-10)8(9)12(2)11-4/h5,7,13-14H,3,10H2,1-2H3. The second-order valence-electron chi connectivity index (χ2n) is 3.16. The zero-order chi connectivity index (χ0) is 10.9. The van der Waals surface area contributed by atoms with Crippen molar-refractivity contribution < 1.29 is 10.2 Å². The van der Waals surface area contributed by atoms with Crippen LogP contribution in [0.2, 0.25) is 5.15 Å². The molecule has 14 heavy (non-hydrogen) atoms. The molecule has 5 nitrogen and oxygen atoms in total. The second kappa shape index (κ2) is 4.27. The lowest BCUT2D eigenvalue weighted by molar-refractivity contribution is 0.0240. The van der Waals surface area contributed by atoms with Crippen molar-refractivity contribution in [1.29, 1.82) is 0 Å². The van der Waals surface area contributed by atoms with Crippen LogP contribution < -0.4 is 5.73 Å². The summed E-state index contributed by atoms with van der Waals surface area (Å²) in [5.41, 5.74) is 6.27. The van der Waals surface area contributed by atoms with Crippen molar-refractivity contribution in [3.8, 4) is 0 Å². The van der Waals surface area contributed by atoms with E-state index in [1.807, 2.05) is 0 Å². The summed E-state index contributed by atoms with van der Waals surface area (Å²) in [5.74, 6) is 0. The molecule has 0 aromatic carbocycles. The van der Waals surface area contributed by atoms with Crippen LogP contribution in [0.15, 0.2) is 0 Å². The molecule has 2 unspecified atom stereocenters. The molecule has 2 atom stereocenters. The van der Waals surface area contributed by atoms with Gasteiger partial charge in [-0.3, -0.25) is 4.68 Å². The molecule has 1 aromatic heterocycles. The van der Waals surface area contributed by atoms with Gasteiger partial charge in [0.1, 0.15) is 11.3 Å². The lowest BCUT2D eigenvalue weighted by Crippen LogP contribution is -2.27. The Morgan fingerprint density at radius 3 is 2.50 bits per heavy atom. The topological polar surface area (TPSA) is 84.3 Å². The summed E-state index contributed by atoms with van der Waals surface area (Å²) in [5, 5.41) is 23.4. The van der Waals surface area contributed by atoms with E-state index in [9.17, 15) is 10.2 Å². The van der Waals surface area contributed by atoms with Crippen molar-refractivity contribution >= 4 is 11.6 Å². The van der Waals surface area contributed by atoms with Crippen molar-refractivity contribution in [3.63, 3.8) is 0 Å². The SMILES string of the molecule is Cc1nn(C)c(Cl)c1C(O)C(O)CN. The van der Waals surface area contributed by atoms with E-state index in [1.54, 1.807) is 14.0 Å². The van der Waals surface area contributed by atoms with E-state index in [0.29, 0.717) is 16.4 Å². The van der Waals surface area contributed by atoms with Crippen molar-refractivity contribution in [2.45, 2.75) is 19.1 Å². The second-order valence-corrected chi connectivity index (χ2v) is 3.52. The van der Waals surface area contributed by atoms with Gasteiger partial charge >= 0.3 is 0 Å². The summed E-state index contributed by atoms with van der Waals surface area (Å²) >= 11 is 5.90. The normalized spacial score (nSPS) is 15.6. The van der Waals surface area contributed by atoms with Gasteiger partial charge in [0.2, 0.25) is 0 Å². The molecule has 0 saturated heterocycles. The van der Waals surface area contributed by atoms with Crippen molar-refractivity contribution in [3.05, 3.63) is 16.4 Å². The zero-order valence-corrected chi connectivity index (χ0v) is 8.86. The monoisotopic (exact) mass is 219 g/mol. The third-order valence-corrected chi connectivity index (χ3v) is 2.55. The third kappa shape index (κ3) is 1.90. The summed E-state index contributed by atoms with van der Waals surface area (Å²) < 4.78 is 1.44. The summed E-state index contributed by atoms with van der Waals surface area (Å²) in [4.78, 5) is 0. The van der Waals surface area contributed by atoms with Crippen molar-refractivity contribution in [2.75, 3.05) is 6.54 Å². The van der Waals surface area contributed by atoms with Gasteiger partial charge in [-0.2, -0.15) is 5.10 Å². The van der Waals surface area contributed by atoms with E-state index in [2.05, 4.69) is 5.10 Å². The molecule has 6 heteroatoms. The van der Waals surface area contributed by atoms with Gasteiger partial charge in [-0.05, 0) is 6.92 Å². The molecule has 4 N–H and O–H groups in total. The average Bonchev–Trinajstić information content (AvgIpc) is 2.39. The van der Waals surface area contributed by atoms with E-state index < -0.39 is 12.2 Å². The molecule has 80 valence electrons. The van der Waals surface area contributed by atoms with Crippen LogP contribution in [0.4, 0.5) is 0 Å². The highest BCUT2D eigenvalue weighted by molar-refractivity contribution is 6.30. The minimum absolute atomic E-state index is 0.0220. The maximum Gasteiger partial charge on any atom is 0.132 e.